The molecule has 1 heterocycles. The molecular formula is C15H17NO4. The van der Waals surface area contributed by atoms with Crippen molar-refractivity contribution in [3.63, 3.8) is 0 Å². The molecule has 0 saturated carbocycles. The van der Waals surface area contributed by atoms with Gasteiger partial charge in [0.15, 0.2) is 0 Å². The molecule has 20 heavy (non-hydrogen) atoms. The summed E-state index contributed by atoms with van der Waals surface area (Å²) < 4.78 is 4.72. The van der Waals surface area contributed by atoms with Crippen molar-refractivity contribution in [1.82, 2.24) is 5.16 Å². The maximum Gasteiger partial charge on any atom is 0.374 e. The second-order valence-corrected chi connectivity index (χ2v) is 5.97. The maximum absolute atomic E-state index is 10.8. The van der Waals surface area contributed by atoms with Crippen LogP contribution in [0.25, 0.3) is 11.3 Å². The third-order valence-electron chi connectivity index (χ3n) is 2.79. The quantitative estimate of drug-likeness (QED) is 0.897. The van der Waals surface area contributed by atoms with E-state index >= 15 is 0 Å². The fourth-order valence-electron chi connectivity index (χ4n) is 2.01. The molecule has 0 amide bonds. The third-order valence-corrected chi connectivity index (χ3v) is 2.79. The van der Waals surface area contributed by atoms with Gasteiger partial charge in [0.05, 0.1) is 0 Å². The molecule has 0 atom stereocenters. The van der Waals surface area contributed by atoms with Crippen LogP contribution in [0.3, 0.4) is 0 Å². The van der Waals surface area contributed by atoms with Crippen molar-refractivity contribution < 1.29 is 19.5 Å². The highest BCUT2D eigenvalue weighted by Crippen LogP contribution is 2.31. The van der Waals surface area contributed by atoms with Gasteiger partial charge in [-0.2, -0.15) is 0 Å². The van der Waals surface area contributed by atoms with Gasteiger partial charge in [0.2, 0.25) is 5.76 Å². The molecule has 0 bridgehead atoms. The summed E-state index contributed by atoms with van der Waals surface area (Å²) in [6.45, 7) is 6.37. The average molecular weight is 275 g/mol. The van der Waals surface area contributed by atoms with Gasteiger partial charge < -0.3 is 14.7 Å². The van der Waals surface area contributed by atoms with E-state index in [1.165, 1.54) is 6.07 Å². The van der Waals surface area contributed by atoms with Crippen molar-refractivity contribution in [3.8, 4) is 17.0 Å². The molecule has 5 nitrogen and oxygen atoms in total. The number of rotatable bonds is 3. The molecule has 0 aliphatic carbocycles. The molecule has 0 aliphatic heterocycles. The summed E-state index contributed by atoms with van der Waals surface area (Å²) in [4.78, 5) is 10.8. The predicted molar refractivity (Wildman–Crippen MR) is 73.7 cm³/mol. The summed E-state index contributed by atoms with van der Waals surface area (Å²) in [5.74, 6) is -1.39. The Morgan fingerprint density at radius 2 is 2.00 bits per heavy atom. The molecule has 0 radical (unpaired) electrons. The predicted octanol–water partition coefficient (Wildman–Crippen LogP) is 3.33. The molecule has 0 spiro atoms. The van der Waals surface area contributed by atoms with Crippen LogP contribution in [-0.4, -0.2) is 21.3 Å². The Morgan fingerprint density at radius 1 is 1.30 bits per heavy atom. The average Bonchev–Trinajstić information content (AvgIpc) is 2.79. The van der Waals surface area contributed by atoms with Crippen LogP contribution in [0.5, 0.6) is 5.75 Å². The molecule has 2 N–H and O–H groups in total. The number of carbonyl (C=O) groups is 1. The number of phenolic OH excluding ortho intramolecular Hbond substituents is 1. The summed E-state index contributed by atoms with van der Waals surface area (Å²) in [6, 6.07) is 6.55. The van der Waals surface area contributed by atoms with Crippen LogP contribution < -0.4 is 0 Å². The molecule has 0 aliphatic rings. The van der Waals surface area contributed by atoms with Gasteiger partial charge in [-0.1, -0.05) is 32.0 Å². The van der Waals surface area contributed by atoms with Crippen molar-refractivity contribution >= 4 is 5.97 Å². The van der Waals surface area contributed by atoms with Crippen LogP contribution in [0, 0.1) is 5.41 Å². The first kappa shape index (κ1) is 14.1. The number of benzene rings is 1. The number of hydrogen-bond donors (Lipinski definition) is 2. The second-order valence-electron chi connectivity index (χ2n) is 5.97. The molecule has 2 rings (SSSR count). The number of nitrogens with zero attached hydrogens (tertiary/aromatic N) is 1. The summed E-state index contributed by atoms with van der Waals surface area (Å²) in [6.07, 6.45) is 0.837. The lowest BCUT2D eigenvalue weighted by atomic mass is 9.87. The van der Waals surface area contributed by atoms with E-state index in [9.17, 15) is 9.90 Å². The first-order chi connectivity index (χ1) is 9.26. The first-order valence-electron chi connectivity index (χ1n) is 6.28. The Hall–Kier alpha value is -2.30. The number of aromatic nitrogens is 1. The highest BCUT2D eigenvalue weighted by molar-refractivity contribution is 5.86. The minimum Gasteiger partial charge on any atom is -0.507 e. The highest BCUT2D eigenvalue weighted by atomic mass is 16.5. The molecule has 2 aromatic rings. The van der Waals surface area contributed by atoms with Crippen molar-refractivity contribution in [2.24, 2.45) is 5.41 Å². The van der Waals surface area contributed by atoms with E-state index < -0.39 is 5.97 Å². The van der Waals surface area contributed by atoms with E-state index in [1.807, 2.05) is 12.1 Å². The molecule has 1 aromatic heterocycles. The number of carboxylic acid groups (broad SMARTS) is 1. The van der Waals surface area contributed by atoms with Crippen LogP contribution in [-0.2, 0) is 6.42 Å². The minimum absolute atomic E-state index is 0.0490. The Labute approximate surface area is 116 Å². The maximum atomic E-state index is 10.8. The van der Waals surface area contributed by atoms with Gasteiger partial charge in [-0.25, -0.2) is 4.79 Å². The highest BCUT2D eigenvalue weighted by Gasteiger charge is 2.17. The smallest absolute Gasteiger partial charge is 0.374 e. The van der Waals surface area contributed by atoms with E-state index in [0.29, 0.717) is 11.3 Å². The standard InChI is InChI=1S/C15H17NO4/c1-15(2,3)8-9-4-5-12(17)10(6-9)11-7-13(14(18)19)20-16-11/h4-7,17H,8H2,1-3H3,(H,18,19). The SMILES string of the molecule is CC(C)(C)Cc1ccc(O)c(-c2cc(C(=O)O)on2)c1. The number of carboxylic acids is 1. The number of hydrogen-bond acceptors (Lipinski definition) is 4. The third kappa shape index (κ3) is 3.17. The van der Waals surface area contributed by atoms with Gasteiger partial charge in [0, 0.05) is 11.6 Å². The Morgan fingerprint density at radius 3 is 2.55 bits per heavy atom. The van der Waals surface area contributed by atoms with Gasteiger partial charge >= 0.3 is 5.97 Å². The molecule has 5 heteroatoms. The van der Waals surface area contributed by atoms with Crippen LogP contribution >= 0.6 is 0 Å². The number of phenols is 1. The summed E-state index contributed by atoms with van der Waals surface area (Å²) in [5, 5.41) is 22.4. The number of aromatic hydroxyl groups is 1. The van der Waals surface area contributed by atoms with E-state index in [1.54, 1.807) is 6.07 Å². The van der Waals surface area contributed by atoms with E-state index in [-0.39, 0.29) is 16.9 Å². The zero-order valence-electron chi connectivity index (χ0n) is 11.7. The first-order valence-corrected chi connectivity index (χ1v) is 6.28. The van der Waals surface area contributed by atoms with Crippen molar-refractivity contribution in [2.45, 2.75) is 27.2 Å². The molecule has 0 unspecified atom stereocenters. The summed E-state index contributed by atoms with van der Waals surface area (Å²) >= 11 is 0. The zero-order valence-corrected chi connectivity index (χ0v) is 11.7. The molecule has 0 fully saturated rings. The normalized spacial score (nSPS) is 11.6. The van der Waals surface area contributed by atoms with Crippen molar-refractivity contribution in [2.75, 3.05) is 0 Å². The Bertz CT molecular complexity index is 638. The second kappa shape index (κ2) is 5.00. The lowest BCUT2D eigenvalue weighted by molar-refractivity contribution is 0.0652. The summed E-state index contributed by atoms with van der Waals surface area (Å²) in [7, 11) is 0. The Kier molecular flexibility index (Phi) is 3.53. The van der Waals surface area contributed by atoms with Gasteiger partial charge in [0.1, 0.15) is 11.4 Å². The fraction of sp³-hybridized carbons (Fsp3) is 0.333. The number of aromatic carboxylic acids is 1. The molecule has 106 valence electrons. The summed E-state index contributed by atoms with van der Waals surface area (Å²) in [5.41, 5.74) is 1.95. The van der Waals surface area contributed by atoms with Crippen LogP contribution in [0.15, 0.2) is 28.8 Å². The zero-order chi connectivity index (χ0) is 14.9. The van der Waals surface area contributed by atoms with Gasteiger partial charge in [-0.3, -0.25) is 0 Å². The van der Waals surface area contributed by atoms with Crippen LogP contribution in [0.4, 0.5) is 0 Å². The van der Waals surface area contributed by atoms with Crippen molar-refractivity contribution in [1.29, 1.82) is 0 Å². The van der Waals surface area contributed by atoms with Gasteiger partial charge in [0.25, 0.3) is 0 Å². The van der Waals surface area contributed by atoms with E-state index in [0.717, 1.165) is 12.0 Å². The lowest BCUT2D eigenvalue weighted by Gasteiger charge is -2.18. The molecular weight excluding hydrogens is 258 g/mol. The Balaban J connectivity index is 2.39. The van der Waals surface area contributed by atoms with Gasteiger partial charge in [-0.15, -0.1) is 0 Å². The van der Waals surface area contributed by atoms with E-state index in [4.69, 9.17) is 9.63 Å². The minimum atomic E-state index is -1.19. The largest absolute Gasteiger partial charge is 0.507 e. The monoisotopic (exact) mass is 275 g/mol. The molecule has 0 saturated heterocycles. The lowest BCUT2D eigenvalue weighted by Crippen LogP contribution is -2.09. The van der Waals surface area contributed by atoms with Crippen molar-refractivity contribution in [3.05, 3.63) is 35.6 Å². The van der Waals surface area contributed by atoms with E-state index in [2.05, 4.69) is 25.9 Å². The molecule has 1 aromatic carbocycles. The fourth-order valence-corrected chi connectivity index (χ4v) is 2.01. The topological polar surface area (TPSA) is 83.6 Å². The van der Waals surface area contributed by atoms with Gasteiger partial charge in [-0.05, 0) is 29.5 Å². The van der Waals surface area contributed by atoms with Crippen LogP contribution in [0.2, 0.25) is 0 Å². The van der Waals surface area contributed by atoms with Crippen LogP contribution in [0.1, 0.15) is 36.9 Å².